The molecule has 1 aliphatic carbocycles. The number of phenolic OH excluding ortho intramolecular Hbond substituents is 1. The summed E-state index contributed by atoms with van der Waals surface area (Å²) in [5, 5.41) is 20.6. The average molecular weight is 248 g/mol. The molecule has 1 aliphatic rings. The average Bonchev–Trinajstić information content (AvgIpc) is 2.83. The molecule has 0 atom stereocenters. The number of hydrogen-bond donors (Lipinski definition) is 1. The van der Waals surface area contributed by atoms with Gasteiger partial charge >= 0.3 is 0 Å². The molecule has 1 fully saturated rings. The van der Waals surface area contributed by atoms with E-state index in [4.69, 9.17) is 0 Å². The van der Waals surface area contributed by atoms with Crippen molar-refractivity contribution < 1.29 is 10.0 Å². The Bertz CT molecular complexity index is 491. The van der Waals surface area contributed by atoms with Gasteiger partial charge in [-0.2, -0.15) is 0 Å². The summed E-state index contributed by atoms with van der Waals surface area (Å²) < 4.78 is 0. The van der Waals surface area contributed by atoms with Crippen LogP contribution in [0, 0.1) is 17.0 Å². The van der Waals surface area contributed by atoms with Gasteiger partial charge in [-0.3, -0.25) is 15.1 Å². The first kappa shape index (κ1) is 12.5. The molecule has 0 aromatic heterocycles. The van der Waals surface area contributed by atoms with Gasteiger partial charge in [-0.15, -0.1) is 0 Å². The zero-order valence-electron chi connectivity index (χ0n) is 10.3. The van der Waals surface area contributed by atoms with Crippen LogP contribution in [0.2, 0.25) is 0 Å². The number of nitro groups is 1. The Morgan fingerprint density at radius 1 is 1.44 bits per heavy atom. The van der Waals surface area contributed by atoms with Gasteiger partial charge in [0.05, 0.1) is 4.92 Å². The quantitative estimate of drug-likeness (QED) is 0.507. The third-order valence-electron chi connectivity index (χ3n) is 3.27. The van der Waals surface area contributed by atoms with Crippen LogP contribution in [-0.2, 0) is 0 Å². The number of aryl methyl sites for hydroxylation is 1. The summed E-state index contributed by atoms with van der Waals surface area (Å²) in [7, 11) is 0. The predicted octanol–water partition coefficient (Wildman–Crippen LogP) is 2.97. The molecule has 96 valence electrons. The van der Waals surface area contributed by atoms with Crippen LogP contribution in [0.25, 0.3) is 0 Å². The van der Waals surface area contributed by atoms with E-state index in [1.165, 1.54) is 25.0 Å². The molecule has 2 rings (SSSR count). The molecule has 0 unspecified atom stereocenters. The van der Waals surface area contributed by atoms with Crippen molar-refractivity contribution >= 4 is 11.9 Å². The highest BCUT2D eigenvalue weighted by Crippen LogP contribution is 2.27. The second kappa shape index (κ2) is 5.16. The Labute approximate surface area is 105 Å². The number of nitro benzene ring substituents is 1. The minimum Gasteiger partial charge on any atom is -0.507 e. The third-order valence-corrected chi connectivity index (χ3v) is 3.27. The molecule has 1 aromatic rings. The van der Waals surface area contributed by atoms with Crippen molar-refractivity contribution in [3.8, 4) is 5.75 Å². The van der Waals surface area contributed by atoms with Gasteiger partial charge in [-0.05, 0) is 25.3 Å². The molecule has 0 spiro atoms. The number of aromatic hydroxyl groups is 1. The second-order valence-corrected chi connectivity index (χ2v) is 4.67. The van der Waals surface area contributed by atoms with Gasteiger partial charge in [0.15, 0.2) is 0 Å². The Kier molecular flexibility index (Phi) is 3.60. The topological polar surface area (TPSA) is 75.7 Å². The van der Waals surface area contributed by atoms with E-state index in [1.807, 2.05) is 0 Å². The zero-order valence-corrected chi connectivity index (χ0v) is 10.3. The zero-order chi connectivity index (χ0) is 13.1. The lowest BCUT2D eigenvalue weighted by atomic mass is 10.1. The fourth-order valence-corrected chi connectivity index (χ4v) is 2.23. The molecule has 1 N–H and O–H groups in total. The molecule has 5 nitrogen and oxygen atoms in total. The maximum atomic E-state index is 10.8. The summed E-state index contributed by atoms with van der Waals surface area (Å²) in [5.74, 6) is 0.0716. The first-order valence-electron chi connectivity index (χ1n) is 6.09. The number of hydrogen-bond acceptors (Lipinski definition) is 4. The van der Waals surface area contributed by atoms with Crippen molar-refractivity contribution in [1.82, 2.24) is 0 Å². The number of phenols is 1. The van der Waals surface area contributed by atoms with Crippen LogP contribution in [0.1, 0.15) is 36.8 Å². The van der Waals surface area contributed by atoms with E-state index in [0.717, 1.165) is 12.8 Å². The van der Waals surface area contributed by atoms with Crippen molar-refractivity contribution in [3.63, 3.8) is 0 Å². The monoisotopic (exact) mass is 248 g/mol. The molecular weight excluding hydrogens is 232 g/mol. The van der Waals surface area contributed by atoms with E-state index in [0.29, 0.717) is 17.2 Å². The summed E-state index contributed by atoms with van der Waals surface area (Å²) in [4.78, 5) is 14.7. The fourth-order valence-electron chi connectivity index (χ4n) is 2.23. The standard InChI is InChI=1S/C13H16N2O3/c1-9-6-12(15(17)18)7-10(13(9)16)8-14-11-4-2-3-5-11/h6-8,11,16H,2-5H2,1H3. The number of rotatable bonds is 3. The summed E-state index contributed by atoms with van der Waals surface area (Å²) in [5.41, 5.74) is 0.906. The molecule has 0 radical (unpaired) electrons. The molecule has 1 saturated carbocycles. The predicted molar refractivity (Wildman–Crippen MR) is 69.3 cm³/mol. The molecule has 0 aliphatic heterocycles. The minimum atomic E-state index is -0.459. The van der Waals surface area contributed by atoms with Gasteiger partial charge in [0.2, 0.25) is 0 Å². The molecule has 18 heavy (non-hydrogen) atoms. The Morgan fingerprint density at radius 3 is 2.72 bits per heavy atom. The summed E-state index contributed by atoms with van der Waals surface area (Å²) >= 11 is 0. The molecule has 0 bridgehead atoms. The lowest BCUT2D eigenvalue weighted by Crippen LogP contribution is -1.98. The normalized spacial score (nSPS) is 16.5. The first-order chi connectivity index (χ1) is 8.58. The fraction of sp³-hybridized carbons (Fsp3) is 0.462. The van der Waals surface area contributed by atoms with Gasteiger partial charge in [0, 0.05) is 30.0 Å². The van der Waals surface area contributed by atoms with Crippen molar-refractivity contribution in [2.45, 2.75) is 38.6 Å². The first-order valence-corrected chi connectivity index (χ1v) is 6.09. The Morgan fingerprint density at radius 2 is 2.11 bits per heavy atom. The molecule has 0 heterocycles. The second-order valence-electron chi connectivity index (χ2n) is 4.67. The highest BCUT2D eigenvalue weighted by molar-refractivity contribution is 5.85. The smallest absolute Gasteiger partial charge is 0.270 e. The third kappa shape index (κ3) is 2.67. The van der Waals surface area contributed by atoms with Crippen LogP contribution in [0.3, 0.4) is 0 Å². The van der Waals surface area contributed by atoms with Crippen LogP contribution < -0.4 is 0 Å². The minimum absolute atomic E-state index is 0.0156. The summed E-state index contributed by atoms with van der Waals surface area (Å²) in [6.45, 7) is 1.65. The highest BCUT2D eigenvalue weighted by atomic mass is 16.6. The van der Waals surface area contributed by atoms with Crippen molar-refractivity contribution in [3.05, 3.63) is 33.4 Å². The van der Waals surface area contributed by atoms with Crippen LogP contribution in [-0.4, -0.2) is 22.3 Å². The molecule has 0 amide bonds. The van der Waals surface area contributed by atoms with E-state index < -0.39 is 4.92 Å². The van der Waals surface area contributed by atoms with Gasteiger partial charge in [-0.1, -0.05) is 12.8 Å². The number of aliphatic imine (C=N–C) groups is 1. The van der Waals surface area contributed by atoms with E-state index in [-0.39, 0.29) is 11.4 Å². The van der Waals surface area contributed by atoms with Crippen LogP contribution in [0.4, 0.5) is 5.69 Å². The van der Waals surface area contributed by atoms with Crippen LogP contribution in [0.5, 0.6) is 5.75 Å². The molecular formula is C13H16N2O3. The van der Waals surface area contributed by atoms with Crippen molar-refractivity contribution in [1.29, 1.82) is 0 Å². The van der Waals surface area contributed by atoms with Gasteiger partial charge in [-0.25, -0.2) is 0 Å². The SMILES string of the molecule is Cc1cc([N+](=O)[O-])cc(C=NC2CCCC2)c1O. The largest absolute Gasteiger partial charge is 0.507 e. The van der Waals surface area contributed by atoms with Crippen molar-refractivity contribution in [2.75, 3.05) is 0 Å². The van der Waals surface area contributed by atoms with E-state index >= 15 is 0 Å². The summed E-state index contributed by atoms with van der Waals surface area (Å²) in [6, 6.07) is 3.02. The van der Waals surface area contributed by atoms with E-state index in [1.54, 1.807) is 13.1 Å². The molecule has 1 aromatic carbocycles. The number of benzene rings is 1. The van der Waals surface area contributed by atoms with Crippen molar-refractivity contribution in [2.24, 2.45) is 4.99 Å². The van der Waals surface area contributed by atoms with Crippen LogP contribution >= 0.6 is 0 Å². The maximum Gasteiger partial charge on any atom is 0.270 e. The molecule has 0 saturated heterocycles. The van der Waals surface area contributed by atoms with E-state index in [2.05, 4.69) is 4.99 Å². The van der Waals surface area contributed by atoms with Crippen LogP contribution in [0.15, 0.2) is 17.1 Å². The van der Waals surface area contributed by atoms with Gasteiger partial charge in [0.1, 0.15) is 5.75 Å². The maximum absolute atomic E-state index is 10.8. The van der Waals surface area contributed by atoms with Gasteiger partial charge < -0.3 is 5.11 Å². The number of non-ortho nitro benzene ring substituents is 1. The number of nitrogens with zero attached hydrogens (tertiary/aromatic N) is 2. The van der Waals surface area contributed by atoms with E-state index in [9.17, 15) is 15.2 Å². The molecule has 5 heteroatoms. The van der Waals surface area contributed by atoms with Gasteiger partial charge in [0.25, 0.3) is 5.69 Å². The Hall–Kier alpha value is -1.91. The lowest BCUT2D eigenvalue weighted by molar-refractivity contribution is -0.384. The highest BCUT2D eigenvalue weighted by Gasteiger charge is 2.15. The Balaban J connectivity index is 2.28. The summed E-state index contributed by atoms with van der Waals surface area (Å²) in [6.07, 6.45) is 6.05. The lowest BCUT2D eigenvalue weighted by Gasteiger charge is -2.05.